The summed E-state index contributed by atoms with van der Waals surface area (Å²) < 4.78 is 25.0. The number of sulfonamides is 1. The minimum absolute atomic E-state index is 0.569. The maximum Gasteiger partial charge on any atom is 0.229 e. The maximum atomic E-state index is 11.3. The van der Waals surface area contributed by atoms with E-state index in [1.54, 1.807) is 23.5 Å². The van der Waals surface area contributed by atoms with Crippen LogP contribution in [0.3, 0.4) is 0 Å². The van der Waals surface area contributed by atoms with Crippen molar-refractivity contribution < 1.29 is 8.42 Å². The number of aromatic nitrogens is 1. The third-order valence-corrected chi connectivity index (χ3v) is 5.94. The van der Waals surface area contributed by atoms with E-state index in [4.69, 9.17) is 4.98 Å². The fourth-order valence-electron chi connectivity index (χ4n) is 2.90. The number of piperidine rings is 1. The average Bonchev–Trinajstić information content (AvgIpc) is 2.89. The maximum absolute atomic E-state index is 11.3. The van der Waals surface area contributed by atoms with E-state index in [2.05, 4.69) is 23.5 Å². The first-order valence-electron chi connectivity index (χ1n) is 8.12. The molecule has 0 radical (unpaired) electrons. The Labute approximate surface area is 147 Å². The lowest BCUT2D eigenvalue weighted by Gasteiger charge is -2.29. The zero-order valence-electron chi connectivity index (χ0n) is 14.2. The Hall–Kier alpha value is -1.60. The van der Waals surface area contributed by atoms with Gasteiger partial charge in [-0.15, -0.1) is 11.3 Å². The van der Waals surface area contributed by atoms with Crippen molar-refractivity contribution in [3.63, 3.8) is 0 Å². The number of thiazole rings is 1. The lowest BCUT2D eigenvalue weighted by Crippen LogP contribution is -2.32. The standard InChI is InChI=1S/C17H23N3O2S2/c1-12-8-10-20(11-9-12)17-18-16(13(2)23-17)14-4-6-15(7-5-14)19-24(3,21)22/h4-7,12,19H,8-11H2,1-3H3. The summed E-state index contributed by atoms with van der Waals surface area (Å²) in [6, 6.07) is 7.38. The Kier molecular flexibility index (Phi) is 4.83. The van der Waals surface area contributed by atoms with E-state index in [9.17, 15) is 8.42 Å². The lowest BCUT2D eigenvalue weighted by molar-refractivity contribution is 0.438. The number of hydrogen-bond donors (Lipinski definition) is 1. The summed E-state index contributed by atoms with van der Waals surface area (Å²) in [4.78, 5) is 8.40. The van der Waals surface area contributed by atoms with Crippen LogP contribution in [0.25, 0.3) is 11.3 Å². The molecule has 130 valence electrons. The molecule has 1 aliphatic heterocycles. The van der Waals surface area contributed by atoms with Gasteiger partial charge in [0.15, 0.2) is 5.13 Å². The molecule has 0 atom stereocenters. The molecule has 0 unspecified atom stereocenters. The van der Waals surface area contributed by atoms with Crippen LogP contribution in [0.15, 0.2) is 24.3 Å². The summed E-state index contributed by atoms with van der Waals surface area (Å²) in [7, 11) is -3.25. The van der Waals surface area contributed by atoms with Crippen LogP contribution in [0.1, 0.15) is 24.6 Å². The van der Waals surface area contributed by atoms with E-state index < -0.39 is 10.0 Å². The van der Waals surface area contributed by atoms with E-state index in [0.717, 1.165) is 41.7 Å². The van der Waals surface area contributed by atoms with Gasteiger partial charge in [-0.25, -0.2) is 13.4 Å². The molecule has 1 aliphatic rings. The van der Waals surface area contributed by atoms with Crippen LogP contribution >= 0.6 is 11.3 Å². The SMILES string of the molecule is Cc1sc(N2CCC(C)CC2)nc1-c1ccc(NS(C)(=O)=O)cc1. The van der Waals surface area contributed by atoms with Crippen LogP contribution in [0, 0.1) is 12.8 Å². The Morgan fingerprint density at radius 1 is 1.21 bits per heavy atom. The van der Waals surface area contributed by atoms with Gasteiger partial charge in [0.1, 0.15) is 0 Å². The van der Waals surface area contributed by atoms with Crippen LogP contribution < -0.4 is 9.62 Å². The summed E-state index contributed by atoms with van der Waals surface area (Å²) >= 11 is 1.73. The van der Waals surface area contributed by atoms with E-state index in [1.807, 2.05) is 12.1 Å². The molecule has 1 fully saturated rings. The average molecular weight is 366 g/mol. The van der Waals surface area contributed by atoms with Gasteiger partial charge in [-0.3, -0.25) is 4.72 Å². The molecule has 2 aromatic rings. The molecule has 0 spiro atoms. The molecular formula is C17H23N3O2S2. The normalized spacial score (nSPS) is 16.4. The molecular weight excluding hydrogens is 342 g/mol. The third kappa shape index (κ3) is 4.08. The minimum Gasteiger partial charge on any atom is -0.348 e. The molecule has 1 aromatic heterocycles. The Morgan fingerprint density at radius 3 is 2.42 bits per heavy atom. The quantitative estimate of drug-likeness (QED) is 0.897. The van der Waals surface area contributed by atoms with Crippen molar-refractivity contribution in [2.24, 2.45) is 5.92 Å². The zero-order valence-corrected chi connectivity index (χ0v) is 15.9. The highest BCUT2D eigenvalue weighted by molar-refractivity contribution is 7.92. The van der Waals surface area contributed by atoms with Gasteiger partial charge in [-0.1, -0.05) is 19.1 Å². The van der Waals surface area contributed by atoms with Gasteiger partial charge < -0.3 is 4.90 Å². The fraction of sp³-hybridized carbons (Fsp3) is 0.471. The van der Waals surface area contributed by atoms with Gasteiger partial charge in [0.05, 0.1) is 11.9 Å². The van der Waals surface area contributed by atoms with Crippen LogP contribution in [0.5, 0.6) is 0 Å². The van der Waals surface area contributed by atoms with Gasteiger partial charge in [0.2, 0.25) is 10.0 Å². The van der Waals surface area contributed by atoms with Crippen LogP contribution in [-0.4, -0.2) is 32.7 Å². The van der Waals surface area contributed by atoms with Crippen molar-refractivity contribution in [3.8, 4) is 11.3 Å². The molecule has 24 heavy (non-hydrogen) atoms. The first-order chi connectivity index (χ1) is 11.3. The molecule has 1 N–H and O–H groups in total. The van der Waals surface area contributed by atoms with Gasteiger partial charge in [0.25, 0.3) is 0 Å². The van der Waals surface area contributed by atoms with Gasteiger partial charge in [-0.05, 0) is 37.8 Å². The topological polar surface area (TPSA) is 62.3 Å². The largest absolute Gasteiger partial charge is 0.348 e. The summed E-state index contributed by atoms with van der Waals surface area (Å²) in [5.41, 5.74) is 2.57. The molecule has 1 aromatic carbocycles. The summed E-state index contributed by atoms with van der Waals surface area (Å²) in [5.74, 6) is 0.802. The van der Waals surface area contributed by atoms with Gasteiger partial charge in [0, 0.05) is 29.2 Å². The van der Waals surface area contributed by atoms with Crippen LogP contribution in [0.2, 0.25) is 0 Å². The summed E-state index contributed by atoms with van der Waals surface area (Å²) in [6.07, 6.45) is 3.59. The van der Waals surface area contributed by atoms with Crippen molar-refractivity contribution in [3.05, 3.63) is 29.1 Å². The first kappa shape index (κ1) is 17.2. The fourth-order valence-corrected chi connectivity index (χ4v) is 4.44. The minimum atomic E-state index is -3.25. The molecule has 5 nitrogen and oxygen atoms in total. The van der Waals surface area contributed by atoms with Crippen molar-refractivity contribution >= 4 is 32.2 Å². The summed E-state index contributed by atoms with van der Waals surface area (Å²) in [6.45, 7) is 6.54. The van der Waals surface area contributed by atoms with E-state index in [1.165, 1.54) is 17.7 Å². The van der Waals surface area contributed by atoms with Crippen molar-refractivity contribution in [1.82, 2.24) is 4.98 Å². The summed E-state index contributed by atoms with van der Waals surface area (Å²) in [5, 5.41) is 1.09. The number of benzene rings is 1. The highest BCUT2D eigenvalue weighted by Gasteiger charge is 2.20. The van der Waals surface area contributed by atoms with Crippen molar-refractivity contribution in [2.45, 2.75) is 26.7 Å². The smallest absolute Gasteiger partial charge is 0.229 e. The van der Waals surface area contributed by atoms with E-state index >= 15 is 0 Å². The second kappa shape index (κ2) is 6.72. The number of anilines is 2. The van der Waals surface area contributed by atoms with Crippen LogP contribution in [-0.2, 0) is 10.0 Å². The molecule has 0 bridgehead atoms. The third-order valence-electron chi connectivity index (χ3n) is 4.30. The number of rotatable bonds is 4. The van der Waals surface area contributed by atoms with E-state index in [-0.39, 0.29) is 0 Å². The number of nitrogens with zero attached hydrogens (tertiary/aromatic N) is 2. The van der Waals surface area contributed by atoms with Crippen LogP contribution in [0.4, 0.5) is 10.8 Å². The second-order valence-electron chi connectivity index (χ2n) is 6.52. The molecule has 0 amide bonds. The van der Waals surface area contributed by atoms with Crippen molar-refractivity contribution in [2.75, 3.05) is 29.0 Å². The molecule has 3 rings (SSSR count). The zero-order chi connectivity index (χ0) is 17.3. The predicted molar refractivity (Wildman–Crippen MR) is 101 cm³/mol. The highest BCUT2D eigenvalue weighted by atomic mass is 32.2. The highest BCUT2D eigenvalue weighted by Crippen LogP contribution is 2.34. The molecule has 7 heteroatoms. The van der Waals surface area contributed by atoms with E-state index in [0.29, 0.717) is 5.69 Å². The Bertz CT molecular complexity index is 805. The molecule has 1 saturated heterocycles. The second-order valence-corrected chi connectivity index (χ2v) is 9.45. The molecule has 0 saturated carbocycles. The van der Waals surface area contributed by atoms with Crippen molar-refractivity contribution in [1.29, 1.82) is 0 Å². The van der Waals surface area contributed by atoms with Gasteiger partial charge in [-0.2, -0.15) is 0 Å². The Morgan fingerprint density at radius 2 is 1.83 bits per heavy atom. The Balaban J connectivity index is 1.80. The number of hydrogen-bond acceptors (Lipinski definition) is 5. The number of nitrogens with one attached hydrogen (secondary N) is 1. The predicted octanol–water partition coefficient (Wildman–Crippen LogP) is 3.73. The monoisotopic (exact) mass is 365 g/mol. The molecule has 2 heterocycles. The first-order valence-corrected chi connectivity index (χ1v) is 10.8. The van der Waals surface area contributed by atoms with Gasteiger partial charge >= 0.3 is 0 Å². The molecule has 0 aliphatic carbocycles. The lowest BCUT2D eigenvalue weighted by atomic mass is 10.00. The number of aryl methyl sites for hydroxylation is 1.